The van der Waals surface area contributed by atoms with Gasteiger partial charge in [0.2, 0.25) is 5.91 Å². The van der Waals surface area contributed by atoms with Crippen molar-refractivity contribution in [3.8, 4) is 0 Å². The lowest BCUT2D eigenvalue weighted by molar-refractivity contribution is -0.128. The highest BCUT2D eigenvalue weighted by Crippen LogP contribution is 2.47. The number of hydrogen-bond acceptors (Lipinski definition) is 3. The summed E-state index contributed by atoms with van der Waals surface area (Å²) in [5.41, 5.74) is 7.02. The van der Waals surface area contributed by atoms with Crippen molar-refractivity contribution < 1.29 is 9.59 Å². The van der Waals surface area contributed by atoms with Crippen LogP contribution in [0.15, 0.2) is 30.3 Å². The molecule has 5 nitrogen and oxygen atoms in total. The lowest BCUT2D eigenvalue weighted by Crippen LogP contribution is -2.51. The molecule has 3 fully saturated rings. The molecule has 1 heterocycles. The molecule has 0 aromatic heterocycles. The number of nitrogens with zero attached hydrogens (tertiary/aromatic N) is 1. The highest BCUT2D eigenvalue weighted by Gasteiger charge is 2.49. The summed E-state index contributed by atoms with van der Waals surface area (Å²) >= 11 is 0. The molecule has 142 valence electrons. The Morgan fingerprint density at radius 3 is 2.27 bits per heavy atom. The number of carbonyl (C=O) groups is 2. The van der Waals surface area contributed by atoms with Gasteiger partial charge >= 0.3 is 0 Å². The minimum atomic E-state index is 0. The van der Waals surface area contributed by atoms with Crippen LogP contribution in [0.4, 0.5) is 0 Å². The van der Waals surface area contributed by atoms with Crippen LogP contribution in [0.1, 0.15) is 42.5 Å². The fraction of sp³-hybridized carbons (Fsp3) is 0.600. The molecule has 3 N–H and O–H groups in total. The molecule has 2 amide bonds. The molecule has 1 aromatic rings. The van der Waals surface area contributed by atoms with E-state index in [2.05, 4.69) is 5.32 Å². The molecule has 2 aliphatic carbocycles. The molecular weight excluding hydrogens is 350 g/mol. The van der Waals surface area contributed by atoms with Crippen molar-refractivity contribution in [1.82, 2.24) is 10.2 Å². The highest BCUT2D eigenvalue weighted by molar-refractivity contribution is 5.94. The maximum atomic E-state index is 12.7. The van der Waals surface area contributed by atoms with E-state index in [4.69, 9.17) is 5.73 Å². The Balaban J connectivity index is 0.00000196. The van der Waals surface area contributed by atoms with Crippen molar-refractivity contribution in [2.45, 2.75) is 44.2 Å². The first-order chi connectivity index (χ1) is 12.1. The minimum absolute atomic E-state index is 0. The second-order valence-electron chi connectivity index (χ2n) is 7.88. The fourth-order valence-electron chi connectivity index (χ4n) is 5.01. The third-order valence-corrected chi connectivity index (χ3v) is 6.43. The second-order valence-corrected chi connectivity index (χ2v) is 7.88. The van der Waals surface area contributed by atoms with Gasteiger partial charge in [-0.25, -0.2) is 0 Å². The van der Waals surface area contributed by atoms with Gasteiger partial charge in [0.05, 0.1) is 5.92 Å². The lowest BCUT2D eigenvalue weighted by atomic mass is 9.84. The van der Waals surface area contributed by atoms with Gasteiger partial charge in [0.25, 0.3) is 5.91 Å². The smallest absolute Gasteiger partial charge is 0.253 e. The number of nitrogens with one attached hydrogen (secondary N) is 1. The molecule has 2 bridgehead atoms. The zero-order valence-corrected chi connectivity index (χ0v) is 15.8. The van der Waals surface area contributed by atoms with Crippen LogP contribution in [0.5, 0.6) is 0 Å². The van der Waals surface area contributed by atoms with E-state index in [0.29, 0.717) is 24.9 Å². The normalized spacial score (nSPS) is 30.7. The van der Waals surface area contributed by atoms with E-state index in [1.165, 1.54) is 6.42 Å². The SMILES string of the molecule is Cl.NC1C2CCC(C2)C1C(=O)NC1CCN(C(=O)c2ccccc2)CC1. The van der Waals surface area contributed by atoms with Crippen LogP contribution >= 0.6 is 12.4 Å². The summed E-state index contributed by atoms with van der Waals surface area (Å²) in [7, 11) is 0. The molecule has 1 aromatic carbocycles. The monoisotopic (exact) mass is 377 g/mol. The number of carbonyl (C=O) groups excluding carboxylic acids is 2. The first-order valence-corrected chi connectivity index (χ1v) is 9.54. The number of nitrogens with two attached hydrogens (primary N) is 1. The van der Waals surface area contributed by atoms with Crippen molar-refractivity contribution in [3.63, 3.8) is 0 Å². The van der Waals surface area contributed by atoms with Crippen molar-refractivity contribution in [2.24, 2.45) is 23.5 Å². The van der Waals surface area contributed by atoms with Crippen LogP contribution in [0, 0.1) is 17.8 Å². The molecule has 3 aliphatic rings. The van der Waals surface area contributed by atoms with Gasteiger partial charge in [0, 0.05) is 30.7 Å². The molecule has 1 aliphatic heterocycles. The molecule has 2 saturated carbocycles. The Labute approximate surface area is 161 Å². The highest BCUT2D eigenvalue weighted by atomic mass is 35.5. The second kappa shape index (κ2) is 7.97. The predicted octanol–water partition coefficient (Wildman–Crippen LogP) is 2.20. The number of hydrogen-bond donors (Lipinski definition) is 2. The summed E-state index contributed by atoms with van der Waals surface area (Å²) in [6.07, 6.45) is 5.11. The molecule has 4 unspecified atom stereocenters. The molecule has 0 radical (unpaired) electrons. The standard InChI is InChI=1S/C20H27N3O2.ClH/c21-18-15-7-6-14(12-15)17(18)19(24)22-16-8-10-23(11-9-16)20(25)13-4-2-1-3-5-13;/h1-5,14-18H,6-12,21H2,(H,22,24);1H. The molecule has 26 heavy (non-hydrogen) atoms. The summed E-state index contributed by atoms with van der Waals surface area (Å²) < 4.78 is 0. The first kappa shape index (κ1) is 19.2. The average molecular weight is 378 g/mol. The van der Waals surface area contributed by atoms with Crippen LogP contribution in [-0.2, 0) is 4.79 Å². The summed E-state index contributed by atoms with van der Waals surface area (Å²) in [5.74, 6) is 1.27. The van der Waals surface area contributed by atoms with Crippen molar-refractivity contribution in [2.75, 3.05) is 13.1 Å². The van der Waals surface area contributed by atoms with Gasteiger partial charge in [-0.3, -0.25) is 9.59 Å². The van der Waals surface area contributed by atoms with Crippen molar-refractivity contribution in [1.29, 1.82) is 0 Å². The third kappa shape index (κ3) is 3.60. The van der Waals surface area contributed by atoms with E-state index in [1.54, 1.807) is 0 Å². The number of likely N-dealkylation sites (tertiary alicyclic amines) is 1. The molecule has 6 heteroatoms. The first-order valence-electron chi connectivity index (χ1n) is 9.54. The van der Waals surface area contributed by atoms with E-state index in [0.717, 1.165) is 31.2 Å². The number of fused-ring (bicyclic) bond motifs is 2. The van der Waals surface area contributed by atoms with Crippen LogP contribution in [-0.4, -0.2) is 41.9 Å². The third-order valence-electron chi connectivity index (χ3n) is 6.43. The quantitative estimate of drug-likeness (QED) is 0.847. The van der Waals surface area contributed by atoms with Gasteiger partial charge in [-0.05, 0) is 56.1 Å². The number of rotatable bonds is 3. The van der Waals surface area contributed by atoms with Crippen LogP contribution in [0.25, 0.3) is 0 Å². The van der Waals surface area contributed by atoms with Gasteiger partial charge in [-0.15, -0.1) is 12.4 Å². The predicted molar refractivity (Wildman–Crippen MR) is 103 cm³/mol. The van der Waals surface area contributed by atoms with E-state index in [1.807, 2.05) is 35.2 Å². The Hall–Kier alpha value is -1.59. The lowest BCUT2D eigenvalue weighted by Gasteiger charge is -2.34. The number of halogens is 1. The maximum Gasteiger partial charge on any atom is 0.253 e. The van der Waals surface area contributed by atoms with Gasteiger partial charge in [-0.2, -0.15) is 0 Å². The van der Waals surface area contributed by atoms with E-state index in [9.17, 15) is 9.59 Å². The van der Waals surface area contributed by atoms with Crippen LogP contribution < -0.4 is 11.1 Å². The van der Waals surface area contributed by atoms with Crippen LogP contribution in [0.3, 0.4) is 0 Å². The average Bonchev–Trinajstić information content (AvgIpc) is 3.23. The molecule has 0 spiro atoms. The molecule has 1 saturated heterocycles. The minimum Gasteiger partial charge on any atom is -0.353 e. The van der Waals surface area contributed by atoms with Gasteiger partial charge in [0.15, 0.2) is 0 Å². The summed E-state index contributed by atoms with van der Waals surface area (Å²) in [5, 5.41) is 3.22. The largest absolute Gasteiger partial charge is 0.353 e. The summed E-state index contributed by atoms with van der Waals surface area (Å²) in [4.78, 5) is 27.1. The Morgan fingerprint density at radius 1 is 1.00 bits per heavy atom. The van der Waals surface area contributed by atoms with Crippen molar-refractivity contribution >= 4 is 24.2 Å². The van der Waals surface area contributed by atoms with Gasteiger partial charge in [0.1, 0.15) is 0 Å². The van der Waals surface area contributed by atoms with Gasteiger partial charge < -0.3 is 16.0 Å². The van der Waals surface area contributed by atoms with E-state index < -0.39 is 0 Å². The fourth-order valence-corrected chi connectivity index (χ4v) is 5.01. The molecular formula is C20H28ClN3O2. The molecule has 4 atom stereocenters. The zero-order valence-electron chi connectivity index (χ0n) is 15.0. The Bertz CT molecular complexity index is 644. The van der Waals surface area contributed by atoms with Gasteiger partial charge in [-0.1, -0.05) is 18.2 Å². The van der Waals surface area contributed by atoms with E-state index >= 15 is 0 Å². The Morgan fingerprint density at radius 2 is 1.65 bits per heavy atom. The van der Waals surface area contributed by atoms with E-state index in [-0.39, 0.29) is 42.2 Å². The van der Waals surface area contributed by atoms with Crippen LogP contribution in [0.2, 0.25) is 0 Å². The maximum absolute atomic E-state index is 12.7. The topological polar surface area (TPSA) is 75.4 Å². The molecule has 4 rings (SSSR count). The summed E-state index contributed by atoms with van der Waals surface area (Å²) in [6, 6.07) is 9.60. The Kier molecular flexibility index (Phi) is 5.88. The number of amides is 2. The number of benzene rings is 1. The zero-order chi connectivity index (χ0) is 17.4. The summed E-state index contributed by atoms with van der Waals surface area (Å²) in [6.45, 7) is 1.39. The number of piperidine rings is 1. The van der Waals surface area contributed by atoms with Crippen molar-refractivity contribution in [3.05, 3.63) is 35.9 Å².